The van der Waals surface area contributed by atoms with Crippen LogP contribution in [0.2, 0.25) is 0 Å². The van der Waals surface area contributed by atoms with Gasteiger partial charge in [0.1, 0.15) is 0 Å². The lowest BCUT2D eigenvalue weighted by Crippen LogP contribution is -2.35. The Morgan fingerprint density at radius 2 is 1.78 bits per heavy atom. The maximum atomic E-state index is 12.8. The van der Waals surface area contributed by atoms with E-state index in [1.54, 1.807) is 29.2 Å². The van der Waals surface area contributed by atoms with Crippen molar-refractivity contribution >= 4 is 27.3 Å². The van der Waals surface area contributed by atoms with Gasteiger partial charge in [-0.15, -0.1) is 0 Å². The van der Waals surface area contributed by atoms with Crippen molar-refractivity contribution in [1.29, 1.82) is 0 Å². The second-order valence-corrected chi connectivity index (χ2v) is 7.56. The average Bonchev–Trinajstić information content (AvgIpc) is 2.81. The fourth-order valence-corrected chi connectivity index (χ4v) is 3.47. The number of benzene rings is 2. The summed E-state index contributed by atoms with van der Waals surface area (Å²) in [6.45, 7) is 2.03. The van der Waals surface area contributed by atoms with Gasteiger partial charge in [-0.2, -0.15) is 0 Å². The molecule has 0 radical (unpaired) electrons. The van der Waals surface area contributed by atoms with Crippen LogP contribution in [0, 0.1) is 0 Å². The van der Waals surface area contributed by atoms with Crippen LogP contribution in [0.5, 0.6) is 0 Å². The molecule has 0 unspecified atom stereocenters. The normalized spacial score (nSPS) is 17.0. The van der Waals surface area contributed by atoms with Gasteiger partial charge >= 0.3 is 0 Å². The van der Waals surface area contributed by atoms with Crippen LogP contribution in [0.15, 0.2) is 48.5 Å². The number of fused-ring (bicyclic) bond motifs is 1. The Morgan fingerprint density at radius 1 is 1.13 bits per heavy atom. The fourth-order valence-electron chi connectivity index (χ4n) is 2.91. The predicted molar refractivity (Wildman–Crippen MR) is 91.3 cm³/mol. The monoisotopic (exact) mass is 330 g/mol. The van der Waals surface area contributed by atoms with E-state index in [2.05, 4.69) is 4.72 Å². The molecule has 23 heavy (non-hydrogen) atoms. The summed E-state index contributed by atoms with van der Waals surface area (Å²) in [5, 5.41) is 0. The van der Waals surface area contributed by atoms with Crippen molar-refractivity contribution in [3.8, 4) is 0 Å². The molecule has 0 spiro atoms. The predicted octanol–water partition coefficient (Wildman–Crippen LogP) is 2.65. The molecule has 1 heterocycles. The van der Waals surface area contributed by atoms with Crippen molar-refractivity contribution in [2.45, 2.75) is 19.4 Å². The second-order valence-electron chi connectivity index (χ2n) is 5.81. The zero-order valence-corrected chi connectivity index (χ0v) is 13.8. The molecule has 0 bridgehead atoms. The summed E-state index contributed by atoms with van der Waals surface area (Å²) in [6, 6.07) is 14.5. The van der Waals surface area contributed by atoms with Gasteiger partial charge in [-0.25, -0.2) is 8.42 Å². The molecule has 0 saturated carbocycles. The summed E-state index contributed by atoms with van der Waals surface area (Å²) in [4.78, 5) is 14.6. The topological polar surface area (TPSA) is 66.5 Å². The molecule has 1 atom stereocenters. The van der Waals surface area contributed by atoms with E-state index in [1.165, 1.54) is 5.56 Å². The number of para-hydroxylation sites is 1. The smallest absolute Gasteiger partial charge is 0.258 e. The first-order chi connectivity index (χ1) is 10.8. The van der Waals surface area contributed by atoms with Crippen LogP contribution in [0.1, 0.15) is 22.8 Å². The first-order valence-electron chi connectivity index (χ1n) is 7.34. The van der Waals surface area contributed by atoms with Crippen LogP contribution in [-0.4, -0.2) is 26.6 Å². The highest BCUT2D eigenvalue weighted by molar-refractivity contribution is 7.92. The number of sulfonamides is 1. The molecule has 6 heteroatoms. The first-order valence-corrected chi connectivity index (χ1v) is 9.23. The highest BCUT2D eigenvalue weighted by Gasteiger charge is 2.31. The fraction of sp³-hybridized carbons (Fsp3) is 0.235. The molecule has 1 aliphatic heterocycles. The SMILES string of the molecule is C[C@@H]1Cc2ccccc2N1C(=O)c1ccc(NS(C)(=O)=O)cc1. The van der Waals surface area contributed by atoms with Crippen molar-refractivity contribution in [2.24, 2.45) is 0 Å². The number of anilines is 2. The molecule has 3 rings (SSSR count). The zero-order valence-electron chi connectivity index (χ0n) is 13.0. The molecule has 1 N–H and O–H groups in total. The van der Waals surface area contributed by atoms with Crippen molar-refractivity contribution < 1.29 is 13.2 Å². The lowest BCUT2D eigenvalue weighted by molar-refractivity contribution is 0.0981. The van der Waals surface area contributed by atoms with Gasteiger partial charge in [0.25, 0.3) is 5.91 Å². The van der Waals surface area contributed by atoms with E-state index in [-0.39, 0.29) is 11.9 Å². The third-order valence-corrected chi connectivity index (χ3v) is 4.47. The number of rotatable bonds is 3. The molecular weight excluding hydrogens is 312 g/mol. The van der Waals surface area contributed by atoms with Gasteiger partial charge in [-0.3, -0.25) is 9.52 Å². The highest BCUT2D eigenvalue weighted by Crippen LogP contribution is 2.33. The van der Waals surface area contributed by atoms with Gasteiger partial charge in [-0.1, -0.05) is 18.2 Å². The zero-order chi connectivity index (χ0) is 16.6. The van der Waals surface area contributed by atoms with E-state index in [0.29, 0.717) is 11.3 Å². The summed E-state index contributed by atoms with van der Waals surface area (Å²) < 4.78 is 24.8. The molecule has 5 nitrogen and oxygen atoms in total. The van der Waals surface area contributed by atoms with Gasteiger partial charge in [0, 0.05) is 23.0 Å². The van der Waals surface area contributed by atoms with Crippen LogP contribution in [-0.2, 0) is 16.4 Å². The summed E-state index contributed by atoms with van der Waals surface area (Å²) in [7, 11) is -3.32. The summed E-state index contributed by atoms with van der Waals surface area (Å²) in [6.07, 6.45) is 1.94. The quantitative estimate of drug-likeness (QED) is 0.941. The number of carbonyl (C=O) groups is 1. The number of amides is 1. The Balaban J connectivity index is 1.86. The molecule has 0 aromatic heterocycles. The van der Waals surface area contributed by atoms with E-state index in [9.17, 15) is 13.2 Å². The molecular formula is C17H18N2O3S. The van der Waals surface area contributed by atoms with E-state index in [1.807, 2.05) is 31.2 Å². The third kappa shape index (κ3) is 3.22. The Hall–Kier alpha value is -2.34. The van der Waals surface area contributed by atoms with Crippen LogP contribution in [0.3, 0.4) is 0 Å². The van der Waals surface area contributed by atoms with E-state index in [4.69, 9.17) is 0 Å². The van der Waals surface area contributed by atoms with Crippen molar-refractivity contribution in [2.75, 3.05) is 15.9 Å². The Morgan fingerprint density at radius 3 is 2.43 bits per heavy atom. The molecule has 0 fully saturated rings. The Bertz CT molecular complexity index is 844. The summed E-state index contributed by atoms with van der Waals surface area (Å²) in [5.41, 5.74) is 3.10. The molecule has 2 aromatic carbocycles. The van der Waals surface area contributed by atoms with Gasteiger partial charge in [-0.05, 0) is 49.2 Å². The lowest BCUT2D eigenvalue weighted by atomic mass is 10.1. The van der Waals surface area contributed by atoms with E-state index < -0.39 is 10.0 Å². The minimum atomic E-state index is -3.32. The van der Waals surface area contributed by atoms with Crippen molar-refractivity contribution in [3.63, 3.8) is 0 Å². The van der Waals surface area contributed by atoms with Gasteiger partial charge in [0.2, 0.25) is 10.0 Å². The molecule has 120 valence electrons. The molecule has 2 aromatic rings. The number of carbonyl (C=O) groups excluding carboxylic acids is 1. The Kier molecular flexibility index (Phi) is 3.85. The number of nitrogens with zero attached hydrogens (tertiary/aromatic N) is 1. The average molecular weight is 330 g/mol. The molecule has 1 aliphatic rings. The van der Waals surface area contributed by atoms with Crippen molar-refractivity contribution in [1.82, 2.24) is 0 Å². The second kappa shape index (κ2) is 5.70. The van der Waals surface area contributed by atoms with Gasteiger partial charge in [0.15, 0.2) is 0 Å². The molecule has 0 saturated heterocycles. The summed E-state index contributed by atoms with van der Waals surface area (Å²) in [5.74, 6) is -0.0756. The lowest BCUT2D eigenvalue weighted by Gasteiger charge is -2.23. The highest BCUT2D eigenvalue weighted by atomic mass is 32.2. The minimum Gasteiger partial charge on any atom is -0.305 e. The largest absolute Gasteiger partial charge is 0.305 e. The van der Waals surface area contributed by atoms with Crippen LogP contribution >= 0.6 is 0 Å². The van der Waals surface area contributed by atoms with Crippen LogP contribution in [0.4, 0.5) is 11.4 Å². The van der Waals surface area contributed by atoms with Crippen molar-refractivity contribution in [3.05, 3.63) is 59.7 Å². The first kappa shape index (κ1) is 15.6. The van der Waals surface area contributed by atoms with Crippen LogP contribution in [0.25, 0.3) is 0 Å². The van der Waals surface area contributed by atoms with Crippen LogP contribution < -0.4 is 9.62 Å². The molecule has 1 amide bonds. The van der Waals surface area contributed by atoms with E-state index in [0.717, 1.165) is 18.4 Å². The van der Waals surface area contributed by atoms with Gasteiger partial charge in [0.05, 0.1) is 6.26 Å². The maximum absolute atomic E-state index is 12.8. The third-order valence-electron chi connectivity index (χ3n) is 3.86. The standard InChI is InChI=1S/C17H18N2O3S/c1-12-11-14-5-3-4-6-16(14)19(12)17(20)13-7-9-15(10-8-13)18-23(2,21)22/h3-10,12,18H,11H2,1-2H3/t12-/m1/s1. The maximum Gasteiger partial charge on any atom is 0.258 e. The van der Waals surface area contributed by atoms with E-state index >= 15 is 0 Å². The number of hydrogen-bond acceptors (Lipinski definition) is 3. The minimum absolute atomic E-state index is 0.0756. The van der Waals surface area contributed by atoms with Gasteiger partial charge < -0.3 is 4.90 Å². The molecule has 0 aliphatic carbocycles. The number of nitrogens with one attached hydrogen (secondary N) is 1. The summed E-state index contributed by atoms with van der Waals surface area (Å²) >= 11 is 0. The Labute approximate surface area is 136 Å². The number of hydrogen-bond donors (Lipinski definition) is 1.